The third kappa shape index (κ3) is 4.08. The molecular formula is C16H28N2O. The maximum absolute atomic E-state index is 6.00. The molecule has 3 nitrogen and oxygen atoms in total. The van der Waals surface area contributed by atoms with Gasteiger partial charge in [-0.3, -0.25) is 4.90 Å². The van der Waals surface area contributed by atoms with Gasteiger partial charge in [-0.15, -0.1) is 0 Å². The smallest absolute Gasteiger partial charge is 0.120 e. The van der Waals surface area contributed by atoms with Crippen LogP contribution in [0.5, 0.6) is 0 Å². The third-order valence-corrected chi connectivity index (χ3v) is 4.16. The van der Waals surface area contributed by atoms with Crippen molar-refractivity contribution in [2.45, 2.75) is 65.6 Å². The number of hydrogen-bond acceptors (Lipinski definition) is 3. The van der Waals surface area contributed by atoms with Crippen LogP contribution in [0.25, 0.3) is 0 Å². The number of rotatable bonds is 5. The summed E-state index contributed by atoms with van der Waals surface area (Å²) < 4.78 is 6.00. The van der Waals surface area contributed by atoms with Crippen molar-refractivity contribution in [3.8, 4) is 0 Å². The topological polar surface area (TPSA) is 28.4 Å². The van der Waals surface area contributed by atoms with Crippen LogP contribution >= 0.6 is 0 Å². The van der Waals surface area contributed by atoms with Crippen molar-refractivity contribution in [2.24, 2.45) is 0 Å². The second kappa shape index (κ2) is 7.11. The van der Waals surface area contributed by atoms with E-state index in [9.17, 15) is 0 Å². The zero-order valence-electron chi connectivity index (χ0n) is 12.7. The molecule has 0 radical (unpaired) electrons. The van der Waals surface area contributed by atoms with Gasteiger partial charge in [0.05, 0.1) is 13.1 Å². The van der Waals surface area contributed by atoms with Crippen molar-refractivity contribution in [1.29, 1.82) is 0 Å². The molecule has 0 spiro atoms. The molecular weight excluding hydrogens is 236 g/mol. The van der Waals surface area contributed by atoms with E-state index in [-0.39, 0.29) is 0 Å². The first-order chi connectivity index (χ1) is 9.20. The van der Waals surface area contributed by atoms with Gasteiger partial charge in [-0.2, -0.15) is 0 Å². The fourth-order valence-corrected chi connectivity index (χ4v) is 2.85. The van der Waals surface area contributed by atoms with Gasteiger partial charge in [0.15, 0.2) is 0 Å². The van der Waals surface area contributed by atoms with Gasteiger partial charge in [-0.05, 0) is 51.4 Å². The van der Waals surface area contributed by atoms with E-state index < -0.39 is 0 Å². The third-order valence-electron chi connectivity index (χ3n) is 4.16. The van der Waals surface area contributed by atoms with Gasteiger partial charge in [0.25, 0.3) is 0 Å². The lowest BCUT2D eigenvalue weighted by molar-refractivity contribution is 0.188. The molecule has 108 valence electrons. The molecule has 1 unspecified atom stereocenters. The summed E-state index contributed by atoms with van der Waals surface area (Å²) in [6, 6.07) is 2.90. The quantitative estimate of drug-likeness (QED) is 0.883. The van der Waals surface area contributed by atoms with Crippen LogP contribution in [-0.4, -0.2) is 24.0 Å². The molecule has 1 saturated heterocycles. The predicted molar refractivity (Wildman–Crippen MR) is 79.2 cm³/mol. The van der Waals surface area contributed by atoms with Gasteiger partial charge in [0.2, 0.25) is 0 Å². The highest BCUT2D eigenvalue weighted by atomic mass is 16.3. The normalized spacial score (nSPS) is 21.5. The SMILES string of the molecule is CCNCc1oc(CN2CCCCCC2C)cc1C. The minimum absolute atomic E-state index is 0.685. The van der Waals surface area contributed by atoms with Crippen molar-refractivity contribution in [1.82, 2.24) is 10.2 Å². The summed E-state index contributed by atoms with van der Waals surface area (Å²) in [6.45, 7) is 10.6. The Hall–Kier alpha value is -0.800. The number of aryl methyl sites for hydroxylation is 1. The van der Waals surface area contributed by atoms with Crippen molar-refractivity contribution in [3.63, 3.8) is 0 Å². The molecule has 0 aromatic carbocycles. The molecule has 1 aliphatic rings. The van der Waals surface area contributed by atoms with E-state index in [1.807, 2.05) is 0 Å². The predicted octanol–water partition coefficient (Wildman–Crippen LogP) is 3.46. The molecule has 1 aromatic heterocycles. The number of likely N-dealkylation sites (tertiary alicyclic amines) is 1. The van der Waals surface area contributed by atoms with Gasteiger partial charge in [0.1, 0.15) is 11.5 Å². The van der Waals surface area contributed by atoms with Crippen LogP contribution in [0, 0.1) is 6.92 Å². The highest BCUT2D eigenvalue weighted by Gasteiger charge is 2.18. The molecule has 2 heterocycles. The fraction of sp³-hybridized carbons (Fsp3) is 0.750. The van der Waals surface area contributed by atoms with Crippen LogP contribution in [0.1, 0.15) is 56.6 Å². The van der Waals surface area contributed by atoms with Crippen molar-refractivity contribution in [2.75, 3.05) is 13.1 Å². The maximum atomic E-state index is 6.00. The lowest BCUT2D eigenvalue weighted by Gasteiger charge is -2.25. The van der Waals surface area contributed by atoms with Crippen LogP contribution in [0.4, 0.5) is 0 Å². The van der Waals surface area contributed by atoms with Crippen LogP contribution in [0.2, 0.25) is 0 Å². The molecule has 2 rings (SSSR count). The lowest BCUT2D eigenvalue weighted by atomic mass is 10.1. The van der Waals surface area contributed by atoms with Crippen LogP contribution in [0.15, 0.2) is 10.5 Å². The number of nitrogens with one attached hydrogen (secondary N) is 1. The average molecular weight is 264 g/mol. The zero-order chi connectivity index (χ0) is 13.7. The summed E-state index contributed by atoms with van der Waals surface area (Å²) in [4.78, 5) is 2.57. The van der Waals surface area contributed by atoms with E-state index >= 15 is 0 Å². The molecule has 1 aromatic rings. The molecule has 1 N–H and O–H groups in total. The molecule has 0 saturated carbocycles. The van der Waals surface area contributed by atoms with Crippen LogP contribution in [0.3, 0.4) is 0 Å². The second-order valence-electron chi connectivity index (χ2n) is 5.77. The number of hydrogen-bond donors (Lipinski definition) is 1. The Bertz CT molecular complexity index is 386. The van der Waals surface area contributed by atoms with E-state index in [2.05, 4.69) is 37.1 Å². The van der Waals surface area contributed by atoms with E-state index in [1.54, 1.807) is 0 Å². The Morgan fingerprint density at radius 2 is 2.21 bits per heavy atom. The molecule has 1 atom stereocenters. The van der Waals surface area contributed by atoms with Crippen molar-refractivity contribution >= 4 is 0 Å². The summed E-state index contributed by atoms with van der Waals surface area (Å²) >= 11 is 0. The van der Waals surface area contributed by atoms with Crippen LogP contribution < -0.4 is 5.32 Å². The Balaban J connectivity index is 1.97. The number of nitrogens with zero attached hydrogens (tertiary/aromatic N) is 1. The van der Waals surface area contributed by atoms with Crippen molar-refractivity contribution < 1.29 is 4.42 Å². The highest BCUT2D eigenvalue weighted by Crippen LogP contribution is 2.21. The lowest BCUT2D eigenvalue weighted by Crippen LogP contribution is -2.31. The summed E-state index contributed by atoms with van der Waals surface area (Å²) in [5.41, 5.74) is 1.28. The summed E-state index contributed by atoms with van der Waals surface area (Å²) in [6.07, 6.45) is 5.41. The first-order valence-electron chi connectivity index (χ1n) is 7.73. The second-order valence-corrected chi connectivity index (χ2v) is 5.77. The van der Waals surface area contributed by atoms with Gasteiger partial charge < -0.3 is 9.73 Å². The minimum atomic E-state index is 0.685. The summed E-state index contributed by atoms with van der Waals surface area (Å²) in [5.74, 6) is 2.22. The van der Waals surface area contributed by atoms with Crippen LogP contribution in [-0.2, 0) is 13.1 Å². The average Bonchev–Trinajstić information content (AvgIpc) is 2.61. The maximum Gasteiger partial charge on any atom is 0.120 e. The van der Waals surface area contributed by atoms with Gasteiger partial charge in [-0.1, -0.05) is 19.8 Å². The molecule has 1 aliphatic heterocycles. The Morgan fingerprint density at radius 3 is 3.00 bits per heavy atom. The van der Waals surface area contributed by atoms with Gasteiger partial charge >= 0.3 is 0 Å². The van der Waals surface area contributed by atoms with Gasteiger partial charge in [0, 0.05) is 6.04 Å². The Kier molecular flexibility index (Phi) is 5.46. The Morgan fingerprint density at radius 1 is 1.37 bits per heavy atom. The largest absolute Gasteiger partial charge is 0.463 e. The molecule has 0 aliphatic carbocycles. The van der Waals surface area contributed by atoms with E-state index in [0.29, 0.717) is 6.04 Å². The number of furan rings is 1. The zero-order valence-corrected chi connectivity index (χ0v) is 12.7. The molecule has 1 fully saturated rings. The highest BCUT2D eigenvalue weighted by molar-refractivity contribution is 5.20. The first-order valence-corrected chi connectivity index (χ1v) is 7.73. The summed E-state index contributed by atoms with van der Waals surface area (Å²) in [7, 11) is 0. The van der Waals surface area contributed by atoms with E-state index in [4.69, 9.17) is 4.42 Å². The minimum Gasteiger partial charge on any atom is -0.463 e. The van der Waals surface area contributed by atoms with E-state index in [0.717, 1.165) is 31.2 Å². The molecule has 3 heteroatoms. The molecule has 0 bridgehead atoms. The first kappa shape index (κ1) is 14.6. The fourth-order valence-electron chi connectivity index (χ4n) is 2.85. The summed E-state index contributed by atoms with van der Waals surface area (Å²) in [5, 5.41) is 3.33. The van der Waals surface area contributed by atoms with Gasteiger partial charge in [-0.25, -0.2) is 0 Å². The monoisotopic (exact) mass is 264 g/mol. The van der Waals surface area contributed by atoms with E-state index in [1.165, 1.54) is 37.8 Å². The van der Waals surface area contributed by atoms with Crippen molar-refractivity contribution in [3.05, 3.63) is 23.2 Å². The Labute approximate surface area is 117 Å². The molecule has 19 heavy (non-hydrogen) atoms. The molecule has 0 amide bonds. The standard InChI is InChI=1S/C16H28N2O/c1-4-17-11-16-13(2)10-15(19-16)12-18-9-7-5-6-8-14(18)3/h10,14,17H,4-9,11-12H2,1-3H3.